The van der Waals surface area contributed by atoms with E-state index < -0.39 is 0 Å². The number of carbonyl (C=O) groups excluding carboxylic acids is 1. The van der Waals surface area contributed by atoms with Crippen LogP contribution in [-0.2, 0) is 4.79 Å². The second-order valence-electron chi connectivity index (χ2n) is 4.36. The van der Waals surface area contributed by atoms with E-state index in [1.54, 1.807) is 11.0 Å². The highest BCUT2D eigenvalue weighted by Gasteiger charge is 2.31. The summed E-state index contributed by atoms with van der Waals surface area (Å²) < 4.78 is 0. The van der Waals surface area contributed by atoms with E-state index in [0.717, 1.165) is 16.6 Å². The molecule has 0 aromatic heterocycles. The van der Waals surface area contributed by atoms with Crippen LogP contribution in [0.25, 0.3) is 0 Å². The third-order valence-corrected chi connectivity index (χ3v) is 3.90. The quantitative estimate of drug-likeness (QED) is 0.787. The molecule has 1 heterocycles. The van der Waals surface area contributed by atoms with Crippen LogP contribution < -0.4 is 4.90 Å². The van der Waals surface area contributed by atoms with Crippen molar-refractivity contribution >= 4 is 27.5 Å². The van der Waals surface area contributed by atoms with Gasteiger partial charge in [-0.3, -0.25) is 4.79 Å². The highest BCUT2D eigenvalue weighted by molar-refractivity contribution is 9.09. The molecule has 2 rings (SSSR count). The normalized spacial score (nSPS) is 19.5. The Kier molecular flexibility index (Phi) is 3.49. The molecule has 0 saturated carbocycles. The number of halogens is 1. The van der Waals surface area contributed by atoms with Gasteiger partial charge >= 0.3 is 0 Å². The summed E-state index contributed by atoms with van der Waals surface area (Å²) in [6.07, 6.45) is 0.560. The predicted octanol–water partition coefficient (Wildman–Crippen LogP) is 2.61. The number of alkyl halides is 1. The van der Waals surface area contributed by atoms with E-state index in [1.165, 1.54) is 0 Å². The summed E-state index contributed by atoms with van der Waals surface area (Å²) in [7, 11) is 0. The minimum atomic E-state index is 0.108. The summed E-state index contributed by atoms with van der Waals surface area (Å²) >= 11 is 3.41. The highest BCUT2D eigenvalue weighted by Crippen LogP contribution is 2.29. The van der Waals surface area contributed by atoms with Crippen molar-refractivity contribution in [3.05, 3.63) is 29.3 Å². The molecule has 4 heteroatoms. The zero-order valence-corrected chi connectivity index (χ0v) is 11.2. The molecule has 0 aliphatic carbocycles. The zero-order valence-electron chi connectivity index (χ0n) is 9.61. The van der Waals surface area contributed by atoms with E-state index in [4.69, 9.17) is 5.26 Å². The number of amides is 1. The molecule has 1 fully saturated rings. The van der Waals surface area contributed by atoms with Gasteiger partial charge in [-0.05, 0) is 30.5 Å². The number of hydrogen-bond acceptors (Lipinski definition) is 2. The number of aryl methyl sites for hydroxylation is 1. The van der Waals surface area contributed by atoms with Crippen molar-refractivity contribution in [2.75, 3.05) is 16.8 Å². The lowest BCUT2D eigenvalue weighted by Gasteiger charge is -2.18. The lowest BCUT2D eigenvalue weighted by Crippen LogP contribution is -2.25. The predicted molar refractivity (Wildman–Crippen MR) is 70.1 cm³/mol. The maximum atomic E-state index is 11.9. The van der Waals surface area contributed by atoms with Gasteiger partial charge in [0, 0.05) is 18.3 Å². The van der Waals surface area contributed by atoms with Crippen LogP contribution >= 0.6 is 15.9 Å². The Hall–Kier alpha value is -1.34. The average Bonchev–Trinajstić information content (AvgIpc) is 2.70. The fraction of sp³-hybridized carbons (Fsp3) is 0.385. The molecular weight excluding hydrogens is 280 g/mol. The van der Waals surface area contributed by atoms with Gasteiger partial charge < -0.3 is 4.90 Å². The van der Waals surface area contributed by atoms with Crippen LogP contribution in [0.4, 0.5) is 5.69 Å². The molecule has 1 amide bonds. The fourth-order valence-electron chi connectivity index (χ4n) is 2.08. The lowest BCUT2D eigenvalue weighted by molar-refractivity contribution is -0.117. The Bertz CT molecular complexity index is 493. The monoisotopic (exact) mass is 292 g/mol. The standard InChI is InChI=1S/C13H13BrN2O/c1-9-2-3-11(7-15)12(4-9)16-8-10(6-14)5-13(16)17/h2-4,10H,5-6,8H2,1H3. The molecule has 88 valence electrons. The van der Waals surface area contributed by atoms with E-state index in [0.29, 0.717) is 24.4 Å². The SMILES string of the molecule is Cc1ccc(C#N)c(N2CC(CBr)CC2=O)c1. The molecule has 1 aliphatic rings. The summed E-state index contributed by atoms with van der Waals surface area (Å²) in [6.45, 7) is 2.66. The van der Waals surface area contributed by atoms with Gasteiger partial charge in [-0.25, -0.2) is 0 Å². The summed E-state index contributed by atoms with van der Waals surface area (Å²) in [6, 6.07) is 7.73. The van der Waals surface area contributed by atoms with Crippen LogP contribution in [0.1, 0.15) is 17.5 Å². The van der Waals surface area contributed by atoms with Crippen molar-refractivity contribution in [1.82, 2.24) is 0 Å². The maximum absolute atomic E-state index is 11.9. The number of benzene rings is 1. The first-order valence-electron chi connectivity index (χ1n) is 5.52. The lowest BCUT2D eigenvalue weighted by atomic mass is 10.1. The molecule has 1 aromatic carbocycles. The van der Waals surface area contributed by atoms with E-state index >= 15 is 0 Å². The van der Waals surface area contributed by atoms with Crippen LogP contribution in [0, 0.1) is 24.2 Å². The van der Waals surface area contributed by atoms with E-state index in [2.05, 4.69) is 22.0 Å². The van der Waals surface area contributed by atoms with Crippen molar-refractivity contribution in [1.29, 1.82) is 5.26 Å². The average molecular weight is 293 g/mol. The van der Waals surface area contributed by atoms with Gasteiger partial charge in [-0.15, -0.1) is 0 Å². The highest BCUT2D eigenvalue weighted by atomic mass is 79.9. The Morgan fingerprint density at radius 3 is 2.94 bits per heavy atom. The Morgan fingerprint density at radius 1 is 1.59 bits per heavy atom. The van der Waals surface area contributed by atoms with Crippen LogP contribution in [0.2, 0.25) is 0 Å². The molecule has 1 atom stereocenters. The summed E-state index contributed by atoms with van der Waals surface area (Å²) in [5.74, 6) is 0.450. The molecule has 17 heavy (non-hydrogen) atoms. The molecule has 0 radical (unpaired) electrons. The molecule has 1 aliphatic heterocycles. The second kappa shape index (κ2) is 4.89. The third kappa shape index (κ3) is 2.34. The van der Waals surface area contributed by atoms with E-state index in [9.17, 15) is 4.79 Å². The molecule has 1 unspecified atom stereocenters. The Balaban J connectivity index is 2.37. The molecule has 0 spiro atoms. The summed E-state index contributed by atoms with van der Waals surface area (Å²) in [4.78, 5) is 13.7. The van der Waals surface area contributed by atoms with E-state index in [1.807, 2.05) is 19.1 Å². The van der Waals surface area contributed by atoms with E-state index in [-0.39, 0.29) is 5.91 Å². The number of nitrogens with zero attached hydrogens (tertiary/aromatic N) is 2. The Labute approximate surface area is 109 Å². The van der Waals surface area contributed by atoms with Gasteiger partial charge in [-0.2, -0.15) is 5.26 Å². The van der Waals surface area contributed by atoms with Crippen LogP contribution in [0.5, 0.6) is 0 Å². The van der Waals surface area contributed by atoms with Crippen molar-refractivity contribution in [3.63, 3.8) is 0 Å². The van der Waals surface area contributed by atoms with Crippen molar-refractivity contribution in [2.24, 2.45) is 5.92 Å². The Morgan fingerprint density at radius 2 is 2.35 bits per heavy atom. The number of nitriles is 1. The van der Waals surface area contributed by atoms with Crippen molar-refractivity contribution < 1.29 is 4.79 Å². The molecular formula is C13H13BrN2O. The molecule has 1 saturated heterocycles. The molecule has 0 N–H and O–H groups in total. The first kappa shape index (κ1) is 12.1. The maximum Gasteiger partial charge on any atom is 0.227 e. The largest absolute Gasteiger partial charge is 0.311 e. The van der Waals surface area contributed by atoms with Gasteiger partial charge in [0.25, 0.3) is 0 Å². The fourth-order valence-corrected chi connectivity index (χ4v) is 2.51. The van der Waals surface area contributed by atoms with Gasteiger partial charge in [0.2, 0.25) is 5.91 Å². The van der Waals surface area contributed by atoms with Crippen molar-refractivity contribution in [2.45, 2.75) is 13.3 Å². The van der Waals surface area contributed by atoms with Gasteiger partial charge in [0.15, 0.2) is 0 Å². The zero-order chi connectivity index (χ0) is 12.4. The number of anilines is 1. The van der Waals surface area contributed by atoms with Crippen LogP contribution in [0.15, 0.2) is 18.2 Å². The molecule has 0 bridgehead atoms. The minimum Gasteiger partial charge on any atom is -0.311 e. The van der Waals surface area contributed by atoms with Gasteiger partial charge in [-0.1, -0.05) is 22.0 Å². The molecule has 3 nitrogen and oxygen atoms in total. The van der Waals surface area contributed by atoms with Gasteiger partial charge in [0.05, 0.1) is 11.3 Å². The first-order chi connectivity index (χ1) is 8.15. The first-order valence-corrected chi connectivity index (χ1v) is 6.65. The molecule has 1 aromatic rings. The third-order valence-electron chi connectivity index (χ3n) is 2.99. The second-order valence-corrected chi connectivity index (χ2v) is 5.01. The van der Waals surface area contributed by atoms with Crippen LogP contribution in [-0.4, -0.2) is 17.8 Å². The summed E-state index contributed by atoms with van der Waals surface area (Å²) in [5.41, 5.74) is 2.38. The minimum absolute atomic E-state index is 0.108. The number of rotatable bonds is 2. The number of hydrogen-bond donors (Lipinski definition) is 0. The van der Waals surface area contributed by atoms with Crippen molar-refractivity contribution in [3.8, 4) is 6.07 Å². The smallest absolute Gasteiger partial charge is 0.227 e. The number of carbonyl (C=O) groups is 1. The van der Waals surface area contributed by atoms with Gasteiger partial charge in [0.1, 0.15) is 6.07 Å². The van der Waals surface area contributed by atoms with Crippen LogP contribution in [0.3, 0.4) is 0 Å². The topological polar surface area (TPSA) is 44.1 Å². The summed E-state index contributed by atoms with van der Waals surface area (Å²) in [5, 5.41) is 9.90.